The standard InChI is InChI=1S/C16H21NO4/c1-20-15(18)11-13-7-9-17(10-8-13)16(19)21-12-14-5-3-2-4-6-14/h2-6,11,15,18H,7-10,12H2,1H3. The van der Waals surface area contributed by atoms with Crippen molar-refractivity contribution in [2.24, 2.45) is 0 Å². The molecule has 0 bridgehead atoms. The summed E-state index contributed by atoms with van der Waals surface area (Å²) >= 11 is 0. The number of aliphatic hydroxyl groups excluding tert-OH is 1. The van der Waals surface area contributed by atoms with Crippen molar-refractivity contribution in [3.63, 3.8) is 0 Å². The number of aliphatic hydroxyl groups is 1. The van der Waals surface area contributed by atoms with E-state index in [1.807, 2.05) is 30.3 Å². The van der Waals surface area contributed by atoms with E-state index in [4.69, 9.17) is 9.47 Å². The van der Waals surface area contributed by atoms with E-state index in [0.717, 1.165) is 24.0 Å². The second-order valence-electron chi connectivity index (χ2n) is 4.98. The first-order chi connectivity index (χ1) is 10.2. The largest absolute Gasteiger partial charge is 0.445 e. The van der Waals surface area contributed by atoms with Crippen LogP contribution in [0.3, 0.4) is 0 Å². The molecule has 1 saturated heterocycles. The molecule has 0 aliphatic carbocycles. The normalized spacial score (nSPS) is 16.5. The number of nitrogens with zero attached hydrogens (tertiary/aromatic N) is 1. The third-order valence-corrected chi connectivity index (χ3v) is 3.49. The van der Waals surface area contributed by atoms with Crippen molar-refractivity contribution in [1.82, 2.24) is 4.90 Å². The maximum Gasteiger partial charge on any atom is 0.410 e. The Balaban J connectivity index is 1.77. The number of amides is 1. The van der Waals surface area contributed by atoms with Crippen molar-refractivity contribution in [2.75, 3.05) is 20.2 Å². The van der Waals surface area contributed by atoms with Gasteiger partial charge in [-0.05, 0) is 24.5 Å². The van der Waals surface area contributed by atoms with Gasteiger partial charge in [-0.25, -0.2) is 4.79 Å². The Morgan fingerprint density at radius 1 is 1.33 bits per heavy atom. The van der Waals surface area contributed by atoms with Gasteiger partial charge in [0.25, 0.3) is 0 Å². The highest BCUT2D eigenvalue weighted by Crippen LogP contribution is 2.18. The summed E-state index contributed by atoms with van der Waals surface area (Å²) in [6.45, 7) is 1.51. The number of hydrogen-bond donors (Lipinski definition) is 1. The van der Waals surface area contributed by atoms with Gasteiger partial charge in [0.2, 0.25) is 0 Å². The second kappa shape index (κ2) is 7.81. The maximum atomic E-state index is 12.0. The van der Waals surface area contributed by atoms with Crippen LogP contribution in [0.2, 0.25) is 0 Å². The predicted molar refractivity (Wildman–Crippen MR) is 78.5 cm³/mol. The van der Waals surface area contributed by atoms with Crippen LogP contribution in [0.25, 0.3) is 0 Å². The molecule has 2 rings (SSSR count). The minimum Gasteiger partial charge on any atom is -0.445 e. The molecule has 1 amide bonds. The molecule has 1 unspecified atom stereocenters. The number of methoxy groups -OCH3 is 1. The lowest BCUT2D eigenvalue weighted by molar-refractivity contribution is -0.0365. The van der Waals surface area contributed by atoms with Crippen molar-refractivity contribution < 1.29 is 19.4 Å². The Labute approximate surface area is 124 Å². The molecule has 1 aromatic rings. The summed E-state index contributed by atoms with van der Waals surface area (Å²) in [7, 11) is 1.46. The summed E-state index contributed by atoms with van der Waals surface area (Å²) in [5, 5.41) is 9.39. The molecule has 0 radical (unpaired) electrons. The van der Waals surface area contributed by atoms with E-state index in [2.05, 4.69) is 0 Å². The number of carbonyl (C=O) groups is 1. The zero-order chi connectivity index (χ0) is 15.1. The first-order valence-corrected chi connectivity index (χ1v) is 7.05. The fraction of sp³-hybridized carbons (Fsp3) is 0.438. The molecular weight excluding hydrogens is 270 g/mol. The average Bonchev–Trinajstić information content (AvgIpc) is 2.54. The van der Waals surface area contributed by atoms with Crippen LogP contribution >= 0.6 is 0 Å². The maximum absolute atomic E-state index is 12.0. The highest BCUT2D eigenvalue weighted by Gasteiger charge is 2.20. The first-order valence-electron chi connectivity index (χ1n) is 7.05. The van der Waals surface area contributed by atoms with Gasteiger partial charge >= 0.3 is 6.09 Å². The Bertz CT molecular complexity index is 476. The lowest BCUT2D eigenvalue weighted by Gasteiger charge is -2.28. The van der Waals surface area contributed by atoms with E-state index < -0.39 is 6.29 Å². The van der Waals surface area contributed by atoms with Gasteiger partial charge in [0.15, 0.2) is 6.29 Å². The van der Waals surface area contributed by atoms with E-state index >= 15 is 0 Å². The van der Waals surface area contributed by atoms with Crippen LogP contribution in [-0.4, -0.2) is 42.6 Å². The summed E-state index contributed by atoms with van der Waals surface area (Å²) in [6.07, 6.45) is 2.02. The van der Waals surface area contributed by atoms with Gasteiger partial charge in [0.05, 0.1) is 0 Å². The smallest absolute Gasteiger partial charge is 0.410 e. The fourth-order valence-corrected chi connectivity index (χ4v) is 2.22. The second-order valence-corrected chi connectivity index (χ2v) is 4.98. The molecule has 1 N–H and O–H groups in total. The fourth-order valence-electron chi connectivity index (χ4n) is 2.22. The minimum atomic E-state index is -0.864. The van der Waals surface area contributed by atoms with Crippen molar-refractivity contribution in [3.05, 3.63) is 47.5 Å². The molecule has 114 valence electrons. The molecular formula is C16H21NO4. The molecule has 0 spiro atoms. The van der Waals surface area contributed by atoms with Gasteiger partial charge in [-0.15, -0.1) is 0 Å². The number of hydrogen-bond acceptors (Lipinski definition) is 4. The van der Waals surface area contributed by atoms with E-state index in [0.29, 0.717) is 19.7 Å². The van der Waals surface area contributed by atoms with Crippen LogP contribution in [0.1, 0.15) is 18.4 Å². The van der Waals surface area contributed by atoms with Gasteiger partial charge in [0.1, 0.15) is 6.61 Å². The quantitative estimate of drug-likeness (QED) is 0.683. The third-order valence-electron chi connectivity index (χ3n) is 3.49. The van der Waals surface area contributed by atoms with Gasteiger partial charge in [0, 0.05) is 20.2 Å². The molecule has 5 heteroatoms. The average molecular weight is 291 g/mol. The molecule has 5 nitrogen and oxygen atoms in total. The molecule has 1 aliphatic rings. The highest BCUT2D eigenvalue weighted by atomic mass is 16.6. The van der Waals surface area contributed by atoms with E-state index in [9.17, 15) is 9.90 Å². The molecule has 1 fully saturated rings. The van der Waals surface area contributed by atoms with Crippen molar-refractivity contribution in [2.45, 2.75) is 25.7 Å². The van der Waals surface area contributed by atoms with Gasteiger partial charge in [-0.2, -0.15) is 0 Å². The molecule has 21 heavy (non-hydrogen) atoms. The minimum absolute atomic E-state index is 0.287. The number of ether oxygens (including phenoxy) is 2. The topological polar surface area (TPSA) is 59.0 Å². The highest BCUT2D eigenvalue weighted by molar-refractivity contribution is 5.67. The molecule has 1 atom stereocenters. The Hall–Kier alpha value is -1.85. The Morgan fingerprint density at radius 2 is 2.00 bits per heavy atom. The first kappa shape index (κ1) is 15.5. The number of likely N-dealkylation sites (tertiary alicyclic amines) is 1. The molecule has 1 heterocycles. The SMILES string of the molecule is COC(O)C=C1CCN(C(=O)OCc2ccccc2)CC1. The number of benzene rings is 1. The zero-order valence-electron chi connectivity index (χ0n) is 12.2. The van der Waals surface area contributed by atoms with Crippen molar-refractivity contribution in [3.8, 4) is 0 Å². The monoisotopic (exact) mass is 291 g/mol. The molecule has 1 aliphatic heterocycles. The predicted octanol–water partition coefficient (Wildman–Crippen LogP) is 2.31. The number of carbonyl (C=O) groups excluding carboxylic acids is 1. The summed E-state index contributed by atoms with van der Waals surface area (Å²) in [5.41, 5.74) is 2.09. The van der Waals surface area contributed by atoms with Crippen LogP contribution < -0.4 is 0 Å². The Kier molecular flexibility index (Phi) is 5.78. The van der Waals surface area contributed by atoms with Gasteiger partial charge < -0.3 is 19.5 Å². The van der Waals surface area contributed by atoms with Crippen LogP contribution in [0, 0.1) is 0 Å². The van der Waals surface area contributed by atoms with Crippen LogP contribution in [-0.2, 0) is 16.1 Å². The number of rotatable bonds is 4. The number of piperidine rings is 1. The molecule has 1 aromatic carbocycles. The third kappa shape index (κ3) is 4.88. The lowest BCUT2D eigenvalue weighted by Crippen LogP contribution is -2.36. The van der Waals surface area contributed by atoms with Crippen LogP contribution in [0.15, 0.2) is 42.0 Å². The lowest BCUT2D eigenvalue weighted by atomic mass is 10.0. The van der Waals surface area contributed by atoms with Gasteiger partial charge in [-0.1, -0.05) is 35.9 Å². The van der Waals surface area contributed by atoms with E-state index in [1.165, 1.54) is 7.11 Å². The van der Waals surface area contributed by atoms with Crippen molar-refractivity contribution >= 4 is 6.09 Å². The van der Waals surface area contributed by atoms with Crippen LogP contribution in [0.4, 0.5) is 4.79 Å². The van der Waals surface area contributed by atoms with E-state index in [1.54, 1.807) is 11.0 Å². The molecule has 0 aromatic heterocycles. The Morgan fingerprint density at radius 3 is 2.62 bits per heavy atom. The van der Waals surface area contributed by atoms with Crippen LogP contribution in [0.5, 0.6) is 0 Å². The molecule has 0 saturated carbocycles. The van der Waals surface area contributed by atoms with E-state index in [-0.39, 0.29) is 6.09 Å². The zero-order valence-corrected chi connectivity index (χ0v) is 12.2. The summed E-state index contributed by atoms with van der Waals surface area (Å²) in [6, 6.07) is 9.62. The van der Waals surface area contributed by atoms with Crippen molar-refractivity contribution in [1.29, 1.82) is 0 Å². The summed E-state index contributed by atoms with van der Waals surface area (Å²) in [4.78, 5) is 13.7. The van der Waals surface area contributed by atoms with Gasteiger partial charge in [-0.3, -0.25) is 0 Å². The summed E-state index contributed by atoms with van der Waals surface area (Å²) < 4.78 is 10.1. The summed E-state index contributed by atoms with van der Waals surface area (Å²) in [5.74, 6) is 0.